The Morgan fingerprint density at radius 2 is 1.70 bits per heavy atom. The summed E-state index contributed by atoms with van der Waals surface area (Å²) in [4.78, 5) is 0.199. The molecule has 0 amide bonds. The maximum Gasteiger partial charge on any atom is 0.241 e. The van der Waals surface area contributed by atoms with Crippen LogP contribution in [-0.2, 0) is 10.0 Å². The fraction of sp³-hybridized carbons (Fsp3) is 0.333. The predicted molar refractivity (Wildman–Crippen MR) is 80.0 cm³/mol. The number of aliphatic hydroxyl groups excluding tert-OH is 1. The number of fused-ring (bicyclic) bond motifs is 1. The van der Waals surface area contributed by atoms with Gasteiger partial charge in [0, 0.05) is 0 Å². The van der Waals surface area contributed by atoms with Crippen LogP contribution in [0.25, 0.3) is 10.8 Å². The lowest BCUT2D eigenvalue weighted by Gasteiger charge is -2.28. The summed E-state index contributed by atoms with van der Waals surface area (Å²) < 4.78 is 27.3. The van der Waals surface area contributed by atoms with Gasteiger partial charge in [-0.05, 0) is 43.7 Å². The van der Waals surface area contributed by atoms with Crippen molar-refractivity contribution in [2.45, 2.75) is 37.3 Å². The number of aliphatic hydroxyl groups is 1. The smallest absolute Gasteiger partial charge is 0.241 e. The van der Waals surface area contributed by atoms with E-state index in [0.717, 1.165) is 10.8 Å². The van der Waals surface area contributed by atoms with Crippen molar-refractivity contribution < 1.29 is 13.5 Å². The highest BCUT2D eigenvalue weighted by atomic mass is 32.2. The van der Waals surface area contributed by atoms with Gasteiger partial charge in [-0.3, -0.25) is 0 Å². The van der Waals surface area contributed by atoms with Crippen LogP contribution >= 0.6 is 0 Å². The molecule has 4 nitrogen and oxygen atoms in total. The quantitative estimate of drug-likeness (QED) is 0.909. The normalized spacial score (nSPS) is 14.4. The molecule has 5 heteroatoms. The van der Waals surface area contributed by atoms with Gasteiger partial charge < -0.3 is 5.11 Å². The average molecular weight is 293 g/mol. The number of benzene rings is 2. The average Bonchev–Trinajstić information content (AvgIpc) is 2.36. The summed E-state index contributed by atoms with van der Waals surface area (Å²) in [7, 11) is -3.66. The largest absolute Gasteiger partial charge is 0.391 e. The van der Waals surface area contributed by atoms with E-state index in [9.17, 15) is 13.5 Å². The van der Waals surface area contributed by atoms with Crippen LogP contribution in [0.3, 0.4) is 0 Å². The van der Waals surface area contributed by atoms with Gasteiger partial charge in [-0.15, -0.1) is 0 Å². The van der Waals surface area contributed by atoms with Crippen molar-refractivity contribution in [2.75, 3.05) is 0 Å². The zero-order chi connectivity index (χ0) is 15.0. The van der Waals surface area contributed by atoms with Crippen LogP contribution in [0.2, 0.25) is 0 Å². The molecule has 0 saturated heterocycles. The van der Waals surface area contributed by atoms with Crippen LogP contribution in [-0.4, -0.2) is 25.2 Å². The Morgan fingerprint density at radius 3 is 2.30 bits per heavy atom. The third-order valence-corrected chi connectivity index (χ3v) is 5.14. The molecule has 0 heterocycles. The van der Waals surface area contributed by atoms with Crippen LogP contribution in [0, 0.1) is 0 Å². The second-order valence-electron chi connectivity index (χ2n) is 5.51. The molecular formula is C15H19NO3S. The first-order valence-electron chi connectivity index (χ1n) is 6.43. The molecule has 0 aromatic heterocycles. The molecule has 0 bridgehead atoms. The summed E-state index contributed by atoms with van der Waals surface area (Å²) in [6.07, 6.45) is -0.794. The van der Waals surface area contributed by atoms with E-state index in [1.165, 1.54) is 0 Å². The maximum atomic E-state index is 12.4. The molecule has 20 heavy (non-hydrogen) atoms. The molecule has 0 radical (unpaired) electrons. The van der Waals surface area contributed by atoms with E-state index in [4.69, 9.17) is 0 Å². The Hall–Kier alpha value is -1.43. The van der Waals surface area contributed by atoms with Gasteiger partial charge in [0.2, 0.25) is 10.0 Å². The molecule has 1 unspecified atom stereocenters. The summed E-state index contributed by atoms with van der Waals surface area (Å²) in [5, 5.41) is 11.5. The molecule has 0 aliphatic heterocycles. The number of hydrogen-bond acceptors (Lipinski definition) is 3. The third-order valence-electron chi connectivity index (χ3n) is 3.47. The zero-order valence-electron chi connectivity index (χ0n) is 11.8. The molecule has 2 rings (SSSR count). The Kier molecular flexibility index (Phi) is 3.86. The van der Waals surface area contributed by atoms with E-state index in [-0.39, 0.29) is 4.90 Å². The summed E-state index contributed by atoms with van der Waals surface area (Å²) in [5.74, 6) is 0. The van der Waals surface area contributed by atoms with Crippen molar-refractivity contribution in [2.24, 2.45) is 0 Å². The summed E-state index contributed by atoms with van der Waals surface area (Å²) in [6, 6.07) is 12.6. The van der Waals surface area contributed by atoms with Gasteiger partial charge >= 0.3 is 0 Å². The highest BCUT2D eigenvalue weighted by Crippen LogP contribution is 2.21. The van der Waals surface area contributed by atoms with E-state index < -0.39 is 21.7 Å². The second-order valence-corrected chi connectivity index (χ2v) is 7.19. The molecule has 2 N–H and O–H groups in total. The van der Waals surface area contributed by atoms with Crippen molar-refractivity contribution in [3.63, 3.8) is 0 Å². The number of hydrogen-bond donors (Lipinski definition) is 2. The lowest BCUT2D eigenvalue weighted by molar-refractivity contribution is 0.111. The number of nitrogens with one attached hydrogen (secondary N) is 1. The van der Waals surface area contributed by atoms with Crippen molar-refractivity contribution in [3.8, 4) is 0 Å². The van der Waals surface area contributed by atoms with Gasteiger partial charge in [0.25, 0.3) is 0 Å². The van der Waals surface area contributed by atoms with Gasteiger partial charge in [0.15, 0.2) is 0 Å². The lowest BCUT2D eigenvalue weighted by atomic mass is 10.0. The van der Waals surface area contributed by atoms with Crippen molar-refractivity contribution in [3.05, 3.63) is 42.5 Å². The first-order valence-corrected chi connectivity index (χ1v) is 7.91. The minimum Gasteiger partial charge on any atom is -0.391 e. The first-order chi connectivity index (χ1) is 9.22. The van der Waals surface area contributed by atoms with E-state index in [2.05, 4.69) is 4.72 Å². The minimum absolute atomic E-state index is 0.199. The Bertz CT molecular complexity index is 721. The summed E-state index contributed by atoms with van der Waals surface area (Å²) in [6.45, 7) is 4.86. The molecule has 0 saturated carbocycles. The molecule has 0 aliphatic carbocycles. The summed E-state index contributed by atoms with van der Waals surface area (Å²) in [5.41, 5.74) is -0.926. The van der Waals surface area contributed by atoms with Gasteiger partial charge in [0.05, 0.1) is 16.5 Å². The van der Waals surface area contributed by atoms with Crippen molar-refractivity contribution in [1.82, 2.24) is 4.72 Å². The first kappa shape index (κ1) is 15.0. The van der Waals surface area contributed by atoms with Crippen LogP contribution in [0.4, 0.5) is 0 Å². The second kappa shape index (κ2) is 5.16. The van der Waals surface area contributed by atoms with Crippen LogP contribution in [0.1, 0.15) is 20.8 Å². The Balaban J connectivity index is 2.42. The van der Waals surface area contributed by atoms with Crippen LogP contribution in [0.5, 0.6) is 0 Å². The van der Waals surface area contributed by atoms with E-state index in [1.807, 2.05) is 24.3 Å². The Morgan fingerprint density at radius 1 is 1.10 bits per heavy atom. The van der Waals surface area contributed by atoms with Gasteiger partial charge in [-0.25, -0.2) is 13.1 Å². The fourth-order valence-electron chi connectivity index (χ4n) is 1.83. The van der Waals surface area contributed by atoms with E-state index >= 15 is 0 Å². The predicted octanol–water partition coefficient (Wildman–Crippen LogP) is 2.28. The zero-order valence-corrected chi connectivity index (χ0v) is 12.6. The van der Waals surface area contributed by atoms with Crippen molar-refractivity contribution in [1.29, 1.82) is 0 Å². The Labute approximate surface area is 119 Å². The highest BCUT2D eigenvalue weighted by Gasteiger charge is 2.30. The number of rotatable bonds is 4. The van der Waals surface area contributed by atoms with Gasteiger partial charge in [-0.1, -0.05) is 30.3 Å². The van der Waals surface area contributed by atoms with Gasteiger partial charge in [0.1, 0.15) is 0 Å². The minimum atomic E-state index is -3.66. The van der Waals surface area contributed by atoms with E-state index in [1.54, 1.807) is 39.0 Å². The maximum absolute atomic E-state index is 12.4. The molecule has 0 fully saturated rings. The molecule has 2 aromatic carbocycles. The fourth-order valence-corrected chi connectivity index (χ4v) is 3.34. The molecule has 108 valence electrons. The lowest BCUT2D eigenvalue weighted by Crippen LogP contribution is -2.50. The van der Waals surface area contributed by atoms with Gasteiger partial charge in [-0.2, -0.15) is 0 Å². The molecule has 0 spiro atoms. The molecule has 0 aliphatic rings. The molecular weight excluding hydrogens is 274 g/mol. The SMILES string of the molecule is CC(O)C(C)(C)NS(=O)(=O)c1ccc2ccccc2c1. The van der Waals surface area contributed by atoms with Crippen LogP contribution < -0.4 is 4.72 Å². The van der Waals surface area contributed by atoms with Crippen LogP contribution in [0.15, 0.2) is 47.4 Å². The number of sulfonamides is 1. The summed E-state index contributed by atoms with van der Waals surface area (Å²) >= 11 is 0. The highest BCUT2D eigenvalue weighted by molar-refractivity contribution is 7.89. The molecule has 1 atom stereocenters. The topological polar surface area (TPSA) is 66.4 Å². The van der Waals surface area contributed by atoms with Crippen molar-refractivity contribution >= 4 is 20.8 Å². The standard InChI is InChI=1S/C15H19NO3S/c1-11(17)15(2,3)16-20(18,19)14-9-8-12-6-4-5-7-13(12)10-14/h4-11,16-17H,1-3H3. The third kappa shape index (κ3) is 3.00. The monoisotopic (exact) mass is 293 g/mol. The van der Waals surface area contributed by atoms with E-state index in [0.29, 0.717) is 0 Å². The molecule has 2 aromatic rings.